The lowest BCUT2D eigenvalue weighted by molar-refractivity contribution is 0.0953. The van der Waals surface area contributed by atoms with Gasteiger partial charge in [-0.05, 0) is 47.8 Å². The minimum Gasteiger partial charge on any atom is -0.344 e. The Bertz CT molecular complexity index is 1130. The molecular formula is C21H16ClN3O2S. The number of aromatic nitrogens is 2. The van der Waals surface area contributed by atoms with Gasteiger partial charge in [0.25, 0.3) is 5.91 Å². The van der Waals surface area contributed by atoms with E-state index in [9.17, 15) is 9.59 Å². The van der Waals surface area contributed by atoms with Crippen molar-refractivity contribution in [2.75, 3.05) is 0 Å². The van der Waals surface area contributed by atoms with Crippen molar-refractivity contribution < 1.29 is 9.59 Å². The van der Waals surface area contributed by atoms with Gasteiger partial charge in [0.05, 0.1) is 29.0 Å². The molecule has 4 aromatic rings. The number of nitrogens with zero attached hydrogens (tertiary/aromatic N) is 2. The molecule has 2 aromatic carbocycles. The zero-order valence-electron chi connectivity index (χ0n) is 14.8. The molecule has 28 heavy (non-hydrogen) atoms. The SMILES string of the molecule is O=C(Cn1c(CNC(=O)c2cccs2)nc2ccccc21)c1ccc(Cl)cc1. The van der Waals surface area contributed by atoms with E-state index in [1.807, 2.05) is 40.3 Å². The minimum absolute atomic E-state index is 0.0503. The molecule has 1 N–H and O–H groups in total. The van der Waals surface area contributed by atoms with Crippen molar-refractivity contribution in [3.05, 3.63) is 87.3 Å². The highest BCUT2D eigenvalue weighted by atomic mass is 35.5. The number of ketones is 1. The predicted octanol–water partition coefficient (Wildman–Crippen LogP) is 4.56. The minimum atomic E-state index is -0.155. The summed E-state index contributed by atoms with van der Waals surface area (Å²) >= 11 is 7.29. The van der Waals surface area contributed by atoms with Gasteiger partial charge in [-0.2, -0.15) is 0 Å². The molecule has 7 heteroatoms. The van der Waals surface area contributed by atoms with Gasteiger partial charge in [-0.3, -0.25) is 9.59 Å². The monoisotopic (exact) mass is 409 g/mol. The van der Waals surface area contributed by atoms with Gasteiger partial charge >= 0.3 is 0 Å². The maximum atomic E-state index is 12.8. The third kappa shape index (κ3) is 3.83. The summed E-state index contributed by atoms with van der Waals surface area (Å²) in [5, 5.41) is 5.32. The van der Waals surface area contributed by atoms with Crippen molar-refractivity contribution in [1.82, 2.24) is 14.9 Å². The summed E-state index contributed by atoms with van der Waals surface area (Å²) in [6, 6.07) is 18.0. The smallest absolute Gasteiger partial charge is 0.261 e. The van der Waals surface area contributed by atoms with E-state index < -0.39 is 0 Å². The number of hydrogen-bond acceptors (Lipinski definition) is 4. The maximum absolute atomic E-state index is 12.8. The molecule has 0 radical (unpaired) electrons. The number of thiophene rings is 1. The molecule has 4 rings (SSSR count). The average Bonchev–Trinajstić information content (AvgIpc) is 3.35. The molecule has 0 atom stereocenters. The molecule has 140 valence electrons. The molecule has 0 unspecified atom stereocenters. The summed E-state index contributed by atoms with van der Waals surface area (Å²) in [7, 11) is 0. The van der Waals surface area contributed by atoms with E-state index in [0.717, 1.165) is 11.0 Å². The van der Waals surface area contributed by atoms with E-state index in [4.69, 9.17) is 11.6 Å². The number of fused-ring (bicyclic) bond motifs is 1. The van der Waals surface area contributed by atoms with Crippen LogP contribution in [-0.4, -0.2) is 21.2 Å². The Balaban J connectivity index is 1.60. The van der Waals surface area contributed by atoms with Crippen LogP contribution in [0.5, 0.6) is 0 Å². The summed E-state index contributed by atoms with van der Waals surface area (Å²) in [5.74, 6) is 0.428. The van der Waals surface area contributed by atoms with Crippen molar-refractivity contribution in [3.63, 3.8) is 0 Å². The van der Waals surface area contributed by atoms with Gasteiger partial charge in [-0.25, -0.2) is 4.98 Å². The molecule has 0 aliphatic heterocycles. The first-order chi connectivity index (χ1) is 13.6. The third-order valence-corrected chi connectivity index (χ3v) is 5.47. The topological polar surface area (TPSA) is 64.0 Å². The second-order valence-corrected chi connectivity index (χ2v) is 7.58. The first kappa shape index (κ1) is 18.4. The number of imidazole rings is 1. The van der Waals surface area contributed by atoms with E-state index >= 15 is 0 Å². The fourth-order valence-electron chi connectivity index (χ4n) is 2.96. The number of carbonyl (C=O) groups is 2. The molecule has 2 heterocycles. The van der Waals surface area contributed by atoms with E-state index in [0.29, 0.717) is 21.3 Å². The van der Waals surface area contributed by atoms with Crippen LogP contribution >= 0.6 is 22.9 Å². The van der Waals surface area contributed by atoms with Crippen LogP contribution in [-0.2, 0) is 13.1 Å². The van der Waals surface area contributed by atoms with Crippen molar-refractivity contribution in [2.24, 2.45) is 0 Å². The summed E-state index contributed by atoms with van der Waals surface area (Å²) in [4.78, 5) is 30.3. The second-order valence-electron chi connectivity index (χ2n) is 6.19. The van der Waals surface area contributed by atoms with Crippen LogP contribution in [0.2, 0.25) is 5.02 Å². The highest BCUT2D eigenvalue weighted by molar-refractivity contribution is 7.12. The normalized spacial score (nSPS) is 10.9. The molecule has 5 nitrogen and oxygen atoms in total. The fraction of sp³-hybridized carbons (Fsp3) is 0.0952. The molecule has 0 fully saturated rings. The third-order valence-electron chi connectivity index (χ3n) is 4.35. The number of amides is 1. The van der Waals surface area contributed by atoms with E-state index in [-0.39, 0.29) is 24.8 Å². The molecule has 2 aromatic heterocycles. The number of Topliss-reactive ketones (excluding diaryl/α,β-unsaturated/α-hetero) is 1. The largest absolute Gasteiger partial charge is 0.344 e. The van der Waals surface area contributed by atoms with Gasteiger partial charge in [0.15, 0.2) is 5.78 Å². The molecule has 1 amide bonds. The highest BCUT2D eigenvalue weighted by Gasteiger charge is 2.16. The standard InChI is InChI=1S/C21H16ClN3O2S/c22-15-9-7-14(8-10-15)18(26)13-25-17-5-2-1-4-16(17)24-20(25)12-23-21(27)19-6-3-11-28-19/h1-11H,12-13H2,(H,23,27). The van der Waals surface area contributed by atoms with Crippen LogP contribution < -0.4 is 5.32 Å². The molecular weight excluding hydrogens is 394 g/mol. The Hall–Kier alpha value is -2.96. The molecule has 0 bridgehead atoms. The Morgan fingerprint density at radius 3 is 2.57 bits per heavy atom. The average molecular weight is 410 g/mol. The van der Waals surface area contributed by atoms with Crippen LogP contribution in [0, 0.1) is 0 Å². The van der Waals surface area contributed by atoms with Crippen molar-refractivity contribution in [1.29, 1.82) is 0 Å². The molecule has 0 spiro atoms. The van der Waals surface area contributed by atoms with Crippen LogP contribution in [0.3, 0.4) is 0 Å². The van der Waals surface area contributed by atoms with Crippen LogP contribution in [0.4, 0.5) is 0 Å². The number of nitrogens with one attached hydrogen (secondary N) is 1. The van der Waals surface area contributed by atoms with E-state index in [1.165, 1.54) is 11.3 Å². The number of halogens is 1. The van der Waals surface area contributed by atoms with Gasteiger partial charge in [-0.1, -0.05) is 29.8 Å². The molecule has 0 aliphatic carbocycles. The van der Waals surface area contributed by atoms with Gasteiger partial charge in [-0.15, -0.1) is 11.3 Å². The summed E-state index contributed by atoms with van der Waals surface area (Å²) in [6.45, 7) is 0.367. The predicted molar refractivity (Wildman–Crippen MR) is 111 cm³/mol. The zero-order chi connectivity index (χ0) is 19.5. The summed E-state index contributed by atoms with van der Waals surface area (Å²) in [5.41, 5.74) is 2.22. The van der Waals surface area contributed by atoms with Crippen molar-refractivity contribution >= 4 is 45.7 Å². The Morgan fingerprint density at radius 1 is 1.04 bits per heavy atom. The van der Waals surface area contributed by atoms with Gasteiger partial charge in [0.2, 0.25) is 0 Å². The van der Waals surface area contributed by atoms with Crippen LogP contribution in [0.25, 0.3) is 11.0 Å². The van der Waals surface area contributed by atoms with Crippen LogP contribution in [0.1, 0.15) is 25.9 Å². The Morgan fingerprint density at radius 2 is 1.82 bits per heavy atom. The van der Waals surface area contributed by atoms with E-state index in [1.54, 1.807) is 30.3 Å². The van der Waals surface area contributed by atoms with Crippen molar-refractivity contribution in [2.45, 2.75) is 13.1 Å². The Kier molecular flexibility index (Phi) is 5.23. The second kappa shape index (κ2) is 7.96. The van der Waals surface area contributed by atoms with Gasteiger partial charge < -0.3 is 9.88 Å². The lowest BCUT2D eigenvalue weighted by Crippen LogP contribution is -2.25. The number of para-hydroxylation sites is 2. The van der Waals surface area contributed by atoms with E-state index in [2.05, 4.69) is 10.3 Å². The van der Waals surface area contributed by atoms with Crippen molar-refractivity contribution in [3.8, 4) is 0 Å². The van der Waals surface area contributed by atoms with Gasteiger partial charge in [0.1, 0.15) is 5.82 Å². The molecule has 0 saturated carbocycles. The fourth-order valence-corrected chi connectivity index (χ4v) is 3.73. The number of carbonyl (C=O) groups excluding carboxylic acids is 2. The quantitative estimate of drug-likeness (QED) is 0.474. The summed E-state index contributed by atoms with van der Waals surface area (Å²) < 4.78 is 1.85. The van der Waals surface area contributed by atoms with Crippen LogP contribution in [0.15, 0.2) is 66.0 Å². The molecule has 0 aliphatic rings. The maximum Gasteiger partial charge on any atom is 0.261 e. The lowest BCUT2D eigenvalue weighted by atomic mass is 10.1. The molecule has 0 saturated heterocycles. The number of benzene rings is 2. The number of hydrogen-bond donors (Lipinski definition) is 1. The first-order valence-corrected chi connectivity index (χ1v) is 9.92. The van der Waals surface area contributed by atoms with Gasteiger partial charge in [0, 0.05) is 10.6 Å². The first-order valence-electron chi connectivity index (χ1n) is 8.66. The Labute approximate surface area is 170 Å². The number of rotatable bonds is 6. The lowest BCUT2D eigenvalue weighted by Gasteiger charge is -2.10. The summed E-state index contributed by atoms with van der Waals surface area (Å²) in [6.07, 6.45) is 0. The highest BCUT2D eigenvalue weighted by Crippen LogP contribution is 2.18. The zero-order valence-corrected chi connectivity index (χ0v) is 16.3.